The van der Waals surface area contributed by atoms with Crippen molar-refractivity contribution in [3.05, 3.63) is 47.3 Å². The fourth-order valence-electron chi connectivity index (χ4n) is 16.1. The number of hydrogen-bond donors (Lipinski definition) is 10. The maximum absolute atomic E-state index is 14.3. The van der Waals surface area contributed by atoms with Crippen LogP contribution in [0.4, 0.5) is 0 Å². The average Bonchev–Trinajstić information content (AvgIpc) is 3.97. The standard InChI is InChI=1S/C51H72N4O10/c1-26-7-8-27-9-10-31-33(32(27)17-26)18-28(35-25-65-46(62)43(35)30-12-15-54-24-30)5-4-6-29-22-51(64)37-20-39(56)38-21-40(57)41(58)23-48(38,2)36(37)11-13-50(51,14-16-55-47(52)53)44(29)49(3,63)42(59)19-34(31)45(60)61/h9,12,15,20,24,26,28-29,31-36,38,40-45,54,57-61,63-64H,6-8,10-11,13-14,16-19,21-23,25H2,1-3H3,(H4,52,53,55)/t26-,28-,29+,31-,32-,33+,34-,35-,36+,38+,40-,41+,42-,43-,44-,48-,49+,50+,51-/m1/s1. The van der Waals surface area contributed by atoms with Crippen molar-refractivity contribution in [3.63, 3.8) is 0 Å². The Morgan fingerprint density at radius 2 is 1.78 bits per heavy atom. The van der Waals surface area contributed by atoms with Crippen LogP contribution in [0.15, 0.2) is 46.8 Å². The van der Waals surface area contributed by atoms with Gasteiger partial charge in [0, 0.05) is 60.4 Å². The van der Waals surface area contributed by atoms with Gasteiger partial charge in [-0.3, -0.25) is 14.6 Å². The monoisotopic (exact) mass is 901 g/mol. The lowest BCUT2D eigenvalue weighted by Gasteiger charge is -2.61. The molecule has 4 saturated carbocycles. The van der Waals surface area contributed by atoms with Crippen LogP contribution in [-0.2, 0) is 14.3 Å². The van der Waals surface area contributed by atoms with E-state index in [1.54, 1.807) is 19.2 Å². The molecule has 1 aliphatic heterocycles. The number of carbonyl (C=O) groups excluding carboxylic acids is 2. The molecular formula is C51H72N4O10. The van der Waals surface area contributed by atoms with Gasteiger partial charge in [0.25, 0.3) is 0 Å². The Morgan fingerprint density at radius 3 is 2.51 bits per heavy atom. The Hall–Kier alpha value is -3.55. The van der Waals surface area contributed by atoms with Crippen molar-refractivity contribution in [3.8, 4) is 11.8 Å². The molecule has 0 amide bonds. The third kappa shape index (κ3) is 7.64. The van der Waals surface area contributed by atoms with Gasteiger partial charge in [0.2, 0.25) is 0 Å². The quantitative estimate of drug-likeness (QED) is 0.0493. The molecule has 9 rings (SSSR count). The highest BCUT2D eigenvalue weighted by atomic mass is 16.5. The zero-order chi connectivity index (χ0) is 46.4. The van der Waals surface area contributed by atoms with Gasteiger partial charge >= 0.3 is 5.97 Å². The van der Waals surface area contributed by atoms with E-state index in [0.717, 1.165) is 24.8 Å². The first kappa shape index (κ1) is 46.6. The Bertz CT molecular complexity index is 2140. The van der Waals surface area contributed by atoms with Crippen LogP contribution in [0, 0.1) is 87.8 Å². The number of carbonyl (C=O) groups is 2. The first-order valence-electron chi connectivity index (χ1n) is 24.4. The Kier molecular flexibility index (Phi) is 12.3. The summed E-state index contributed by atoms with van der Waals surface area (Å²) in [6.07, 6.45) is 7.75. The van der Waals surface area contributed by atoms with E-state index in [9.17, 15) is 45.3 Å². The van der Waals surface area contributed by atoms with E-state index in [4.69, 9.17) is 16.2 Å². The zero-order valence-corrected chi connectivity index (χ0v) is 38.2. The van der Waals surface area contributed by atoms with E-state index in [-0.39, 0.29) is 105 Å². The zero-order valence-electron chi connectivity index (χ0n) is 38.2. The van der Waals surface area contributed by atoms with Crippen LogP contribution in [0.3, 0.4) is 0 Å². The number of nitrogens with two attached hydrogens (primary N) is 2. The number of aliphatic hydroxyl groups excluding tert-OH is 4. The summed E-state index contributed by atoms with van der Waals surface area (Å²) in [5.41, 5.74) is 8.94. The molecule has 1 saturated heterocycles. The number of rotatable bonds is 6. The summed E-state index contributed by atoms with van der Waals surface area (Å²) in [6.45, 7) is 6.12. The summed E-state index contributed by atoms with van der Waals surface area (Å²) < 4.78 is 5.84. The number of fused-ring (bicyclic) bond motifs is 10. The van der Waals surface area contributed by atoms with Gasteiger partial charge in [-0.2, -0.15) is 0 Å². The summed E-state index contributed by atoms with van der Waals surface area (Å²) in [6, 6.07) is 1.90. The molecule has 7 aliphatic carbocycles. The number of cyclic esters (lactones) is 1. The predicted octanol–water partition coefficient (Wildman–Crippen LogP) is 3.19. The SMILES string of the molecule is C[C@@H]1CCC2=CC[C@@H]3[C@H](C[C@H]([C@H]4COC(=O)[C@@H]4c4cc[nH]c4)C#CC[C@H]4C[C@@]5(O)C6=CC(=O)[C@@H]7C[C@@H](O)[C@@H](O)C[C@]7(C)[C@H]6CC[C@]5(CCN=C(N)N)[C@H]4[C@@](C)(O)[C@H](O)C[C@H]3C(O)O)[C@@H]2C1. The number of nitrogens with one attached hydrogen (secondary N) is 1. The third-order valence-electron chi connectivity index (χ3n) is 19.1. The molecule has 1 aromatic rings. The van der Waals surface area contributed by atoms with E-state index >= 15 is 0 Å². The normalized spacial score (nSPS) is 47.3. The number of ketones is 1. The highest BCUT2D eigenvalue weighted by Gasteiger charge is 2.73. The van der Waals surface area contributed by atoms with Crippen LogP contribution in [0.25, 0.3) is 0 Å². The van der Waals surface area contributed by atoms with Gasteiger partial charge in [-0.25, -0.2) is 0 Å². The number of guanidine groups is 1. The van der Waals surface area contributed by atoms with Crippen LogP contribution < -0.4 is 11.5 Å². The lowest BCUT2D eigenvalue weighted by Crippen LogP contribution is -2.64. The maximum Gasteiger partial charge on any atom is 0.313 e. The fourth-order valence-corrected chi connectivity index (χ4v) is 16.1. The molecule has 14 heteroatoms. The molecule has 5 fully saturated rings. The third-order valence-corrected chi connectivity index (χ3v) is 19.1. The Labute approximate surface area is 382 Å². The Morgan fingerprint density at radius 1 is 1.00 bits per heavy atom. The maximum atomic E-state index is 14.3. The molecule has 356 valence electrons. The van der Waals surface area contributed by atoms with Crippen molar-refractivity contribution in [1.29, 1.82) is 0 Å². The molecule has 1 aromatic heterocycles. The van der Waals surface area contributed by atoms with Crippen molar-refractivity contribution < 1.29 is 50.1 Å². The van der Waals surface area contributed by atoms with Crippen molar-refractivity contribution >= 4 is 17.7 Å². The van der Waals surface area contributed by atoms with Crippen molar-refractivity contribution in [1.82, 2.24) is 4.98 Å². The molecule has 0 aromatic carbocycles. The van der Waals surface area contributed by atoms with Gasteiger partial charge < -0.3 is 56.9 Å². The number of allylic oxidation sites excluding steroid dienone is 3. The van der Waals surface area contributed by atoms with E-state index in [2.05, 4.69) is 34.8 Å². The molecule has 0 bridgehead atoms. The van der Waals surface area contributed by atoms with E-state index in [1.165, 1.54) is 5.57 Å². The van der Waals surface area contributed by atoms with E-state index in [0.29, 0.717) is 37.2 Å². The van der Waals surface area contributed by atoms with E-state index < -0.39 is 76.2 Å². The molecule has 14 nitrogen and oxygen atoms in total. The first-order chi connectivity index (χ1) is 30.8. The number of nitrogens with zero attached hydrogens (tertiary/aromatic N) is 1. The van der Waals surface area contributed by atoms with Crippen molar-refractivity contribution in [2.75, 3.05) is 13.2 Å². The van der Waals surface area contributed by atoms with Crippen molar-refractivity contribution in [2.45, 2.75) is 146 Å². The number of esters is 1. The number of H-pyrrole nitrogens is 1. The molecule has 0 radical (unpaired) electrons. The fraction of sp³-hybridized carbons (Fsp3) is 0.745. The van der Waals surface area contributed by atoms with E-state index in [1.807, 2.05) is 19.2 Å². The predicted molar refractivity (Wildman–Crippen MR) is 241 cm³/mol. The molecular weight excluding hydrogens is 829 g/mol. The molecule has 65 heavy (non-hydrogen) atoms. The largest absolute Gasteiger partial charge is 0.465 e. The van der Waals surface area contributed by atoms with Gasteiger partial charge in [-0.15, -0.1) is 5.92 Å². The number of aromatic nitrogens is 1. The van der Waals surface area contributed by atoms with Gasteiger partial charge in [0.15, 0.2) is 18.0 Å². The Balaban J connectivity index is 1.19. The second kappa shape index (κ2) is 17.2. The molecule has 12 N–H and O–H groups in total. The molecule has 0 spiro atoms. The lowest BCUT2D eigenvalue weighted by molar-refractivity contribution is -0.196. The highest BCUT2D eigenvalue weighted by Crippen LogP contribution is 2.72. The minimum atomic E-state index is -1.92. The van der Waals surface area contributed by atoms with Gasteiger partial charge in [-0.1, -0.05) is 31.4 Å². The first-order valence-corrected chi connectivity index (χ1v) is 24.4. The molecule has 19 atom stereocenters. The summed E-state index contributed by atoms with van der Waals surface area (Å²) in [7, 11) is 0. The molecule has 0 unspecified atom stereocenters. The van der Waals surface area contributed by atoms with Crippen LogP contribution in [-0.4, -0.2) is 107 Å². The van der Waals surface area contributed by atoms with Crippen LogP contribution in [0.1, 0.15) is 116 Å². The second-order valence-corrected chi connectivity index (χ2v) is 22.4. The molecule has 8 aliphatic rings. The molecule has 2 heterocycles. The number of hydrogen-bond acceptors (Lipinski definition) is 11. The number of aliphatic hydroxyl groups is 7. The minimum absolute atomic E-state index is 0.0597. The van der Waals surface area contributed by atoms with Gasteiger partial charge in [0.05, 0.1) is 42.0 Å². The lowest BCUT2D eigenvalue weighted by atomic mass is 9.44. The van der Waals surface area contributed by atoms with Gasteiger partial charge in [-0.05, 0) is 148 Å². The summed E-state index contributed by atoms with van der Waals surface area (Å²) >= 11 is 0. The number of aromatic amines is 1. The van der Waals surface area contributed by atoms with Crippen molar-refractivity contribution in [2.24, 2.45) is 92.4 Å². The topological polar surface area (TPSA) is 265 Å². The second-order valence-electron chi connectivity index (χ2n) is 22.4. The number of ether oxygens (including phenoxy) is 1. The van der Waals surface area contributed by atoms with Crippen LogP contribution >= 0.6 is 0 Å². The minimum Gasteiger partial charge on any atom is -0.465 e. The highest BCUT2D eigenvalue weighted by molar-refractivity contribution is 5.95. The number of aliphatic imine (C=N–C) groups is 1. The van der Waals surface area contributed by atoms with Crippen LogP contribution in [0.5, 0.6) is 0 Å². The van der Waals surface area contributed by atoms with Crippen LogP contribution in [0.2, 0.25) is 0 Å². The average molecular weight is 901 g/mol. The smallest absolute Gasteiger partial charge is 0.313 e. The summed E-state index contributed by atoms with van der Waals surface area (Å²) in [5.74, 6) is 2.56. The van der Waals surface area contributed by atoms with Gasteiger partial charge in [0.1, 0.15) is 0 Å². The summed E-state index contributed by atoms with van der Waals surface area (Å²) in [5, 5.41) is 84.4. The summed E-state index contributed by atoms with van der Waals surface area (Å²) in [4.78, 5) is 35.4.